The third-order valence-corrected chi connectivity index (χ3v) is 3.61. The van der Waals surface area contributed by atoms with Crippen molar-refractivity contribution in [2.75, 3.05) is 6.54 Å². The molecule has 0 atom stereocenters. The van der Waals surface area contributed by atoms with Crippen LogP contribution in [0.25, 0.3) is 0 Å². The Labute approximate surface area is 100 Å². The van der Waals surface area contributed by atoms with Gasteiger partial charge in [-0.1, -0.05) is 0 Å². The zero-order valence-electron chi connectivity index (χ0n) is 9.90. The van der Waals surface area contributed by atoms with Crippen molar-refractivity contribution >= 4 is 12.2 Å². The van der Waals surface area contributed by atoms with Gasteiger partial charge < -0.3 is 4.90 Å². The zero-order chi connectivity index (χ0) is 12.0. The van der Waals surface area contributed by atoms with E-state index in [0.717, 1.165) is 29.5 Å². The normalized spacial score (nSPS) is 18.4. The molecule has 1 aliphatic carbocycles. The Hall–Kier alpha value is -1.64. The first-order valence-corrected chi connectivity index (χ1v) is 6.07. The molecule has 3 rings (SSSR count). The lowest BCUT2D eigenvalue weighted by atomic mass is 10.0. The molecule has 0 unspecified atom stereocenters. The van der Waals surface area contributed by atoms with Gasteiger partial charge in [-0.2, -0.15) is 0 Å². The number of fused-ring (bicyclic) bond motifs is 1. The summed E-state index contributed by atoms with van der Waals surface area (Å²) in [7, 11) is 0. The second-order valence-corrected chi connectivity index (χ2v) is 5.12. The van der Waals surface area contributed by atoms with Gasteiger partial charge in [-0.15, -0.1) is 0 Å². The van der Waals surface area contributed by atoms with E-state index in [9.17, 15) is 9.59 Å². The van der Waals surface area contributed by atoms with E-state index in [2.05, 4.69) is 0 Å². The second kappa shape index (κ2) is 3.69. The summed E-state index contributed by atoms with van der Waals surface area (Å²) in [5.41, 5.74) is 3.42. The van der Waals surface area contributed by atoms with Gasteiger partial charge in [0.15, 0.2) is 0 Å². The number of hydrogen-bond donors (Lipinski definition) is 0. The van der Waals surface area contributed by atoms with E-state index < -0.39 is 0 Å². The average molecular weight is 229 g/mol. The molecule has 3 nitrogen and oxygen atoms in total. The van der Waals surface area contributed by atoms with Gasteiger partial charge in [-0.25, -0.2) is 0 Å². The van der Waals surface area contributed by atoms with E-state index >= 15 is 0 Å². The number of amides is 1. The topological polar surface area (TPSA) is 37.4 Å². The van der Waals surface area contributed by atoms with Crippen molar-refractivity contribution < 1.29 is 9.59 Å². The maximum absolute atomic E-state index is 12.2. The summed E-state index contributed by atoms with van der Waals surface area (Å²) in [5, 5.41) is 0. The van der Waals surface area contributed by atoms with Crippen LogP contribution in [0.2, 0.25) is 0 Å². The minimum atomic E-state index is 0.141. The Morgan fingerprint density at radius 2 is 2.18 bits per heavy atom. The molecule has 1 saturated carbocycles. The molecule has 88 valence electrons. The predicted molar refractivity (Wildman–Crippen MR) is 64.0 cm³/mol. The number of benzene rings is 1. The molecule has 0 radical (unpaired) electrons. The summed E-state index contributed by atoms with van der Waals surface area (Å²) in [5.74, 6) is 0.848. The first kappa shape index (κ1) is 10.5. The molecule has 2 aliphatic rings. The minimum absolute atomic E-state index is 0.141. The summed E-state index contributed by atoms with van der Waals surface area (Å²) in [4.78, 5) is 24.9. The van der Waals surface area contributed by atoms with Crippen molar-refractivity contribution in [3.05, 3.63) is 34.4 Å². The number of nitrogens with zero attached hydrogens (tertiary/aromatic N) is 1. The van der Waals surface area contributed by atoms with Gasteiger partial charge in [0.05, 0.1) is 0 Å². The molecule has 0 spiro atoms. The molecule has 1 fully saturated rings. The monoisotopic (exact) mass is 229 g/mol. The number of carbonyl (C=O) groups excluding carboxylic acids is 2. The zero-order valence-corrected chi connectivity index (χ0v) is 9.90. The third kappa shape index (κ3) is 1.75. The van der Waals surface area contributed by atoms with Crippen LogP contribution >= 0.6 is 0 Å². The fourth-order valence-corrected chi connectivity index (χ4v) is 2.58. The molecule has 1 heterocycles. The Kier molecular flexibility index (Phi) is 2.28. The highest BCUT2D eigenvalue weighted by Crippen LogP contribution is 2.34. The molecular weight excluding hydrogens is 214 g/mol. The number of rotatable bonds is 3. The molecule has 1 aliphatic heterocycles. The first-order chi connectivity index (χ1) is 8.19. The molecular formula is C14H15NO2. The lowest BCUT2D eigenvalue weighted by Crippen LogP contribution is -2.26. The number of aldehydes is 1. The maximum atomic E-state index is 12.2. The molecule has 1 aromatic carbocycles. The van der Waals surface area contributed by atoms with Crippen LogP contribution in [-0.4, -0.2) is 23.6 Å². The van der Waals surface area contributed by atoms with Gasteiger partial charge in [-0.3, -0.25) is 9.59 Å². The highest BCUT2D eigenvalue weighted by molar-refractivity contribution is 6.00. The molecule has 0 bridgehead atoms. The second-order valence-electron chi connectivity index (χ2n) is 5.12. The highest BCUT2D eigenvalue weighted by Gasteiger charge is 2.33. The fraction of sp³-hybridized carbons (Fsp3) is 0.429. The molecule has 1 amide bonds. The van der Waals surface area contributed by atoms with Crippen LogP contribution in [0.15, 0.2) is 12.1 Å². The summed E-state index contributed by atoms with van der Waals surface area (Å²) < 4.78 is 0. The van der Waals surface area contributed by atoms with E-state index in [1.807, 2.05) is 17.9 Å². The highest BCUT2D eigenvalue weighted by atomic mass is 16.2. The Morgan fingerprint density at radius 1 is 1.41 bits per heavy atom. The molecule has 1 aromatic rings. The molecule has 17 heavy (non-hydrogen) atoms. The number of hydrogen-bond acceptors (Lipinski definition) is 2. The van der Waals surface area contributed by atoms with Crippen LogP contribution in [0.3, 0.4) is 0 Å². The SMILES string of the molecule is Cc1cc(C=O)cc2c1C(=O)N(CC1CC1)C2. The van der Waals surface area contributed by atoms with Crippen LogP contribution in [-0.2, 0) is 6.54 Å². The summed E-state index contributed by atoms with van der Waals surface area (Å²) in [6.07, 6.45) is 3.35. The van der Waals surface area contributed by atoms with E-state index in [4.69, 9.17) is 0 Å². The number of aryl methyl sites for hydroxylation is 1. The summed E-state index contributed by atoms with van der Waals surface area (Å²) >= 11 is 0. The quantitative estimate of drug-likeness (QED) is 0.745. The largest absolute Gasteiger partial charge is 0.334 e. The fourth-order valence-electron chi connectivity index (χ4n) is 2.58. The molecule has 0 aromatic heterocycles. The lowest BCUT2D eigenvalue weighted by molar-refractivity contribution is 0.0770. The van der Waals surface area contributed by atoms with Gasteiger partial charge in [0.25, 0.3) is 5.91 Å². The van der Waals surface area contributed by atoms with Gasteiger partial charge >= 0.3 is 0 Å². The lowest BCUT2D eigenvalue weighted by Gasteiger charge is -2.14. The van der Waals surface area contributed by atoms with Crippen molar-refractivity contribution in [2.45, 2.75) is 26.3 Å². The Morgan fingerprint density at radius 3 is 2.82 bits per heavy atom. The summed E-state index contributed by atoms with van der Waals surface area (Å²) in [6, 6.07) is 3.64. The Balaban J connectivity index is 1.94. The van der Waals surface area contributed by atoms with Gasteiger partial charge in [0.1, 0.15) is 6.29 Å². The van der Waals surface area contributed by atoms with Gasteiger partial charge in [0.2, 0.25) is 0 Å². The summed E-state index contributed by atoms with van der Waals surface area (Å²) in [6.45, 7) is 3.46. The van der Waals surface area contributed by atoms with E-state index in [0.29, 0.717) is 18.0 Å². The van der Waals surface area contributed by atoms with Crippen LogP contribution in [0.1, 0.15) is 44.7 Å². The molecule has 0 saturated heterocycles. The van der Waals surface area contributed by atoms with Crippen LogP contribution in [0.4, 0.5) is 0 Å². The van der Waals surface area contributed by atoms with Crippen LogP contribution in [0, 0.1) is 12.8 Å². The standard InChI is InChI=1S/C14H15NO2/c1-9-4-11(8-16)5-12-7-15(6-10-2-3-10)14(17)13(9)12/h4-5,8,10H,2-3,6-7H2,1H3. The Bertz CT molecular complexity index is 503. The maximum Gasteiger partial charge on any atom is 0.254 e. The van der Waals surface area contributed by atoms with Crippen molar-refractivity contribution in [1.29, 1.82) is 0 Å². The van der Waals surface area contributed by atoms with E-state index in [1.54, 1.807) is 6.07 Å². The van der Waals surface area contributed by atoms with Crippen molar-refractivity contribution in [2.24, 2.45) is 5.92 Å². The van der Waals surface area contributed by atoms with Gasteiger partial charge in [-0.05, 0) is 48.9 Å². The molecule has 0 N–H and O–H groups in total. The predicted octanol–water partition coefficient (Wildman–Crippen LogP) is 2.17. The smallest absolute Gasteiger partial charge is 0.254 e. The van der Waals surface area contributed by atoms with Crippen molar-refractivity contribution in [3.63, 3.8) is 0 Å². The average Bonchev–Trinajstić information content (AvgIpc) is 3.05. The molecule has 3 heteroatoms. The van der Waals surface area contributed by atoms with Crippen LogP contribution < -0.4 is 0 Å². The van der Waals surface area contributed by atoms with E-state index in [1.165, 1.54) is 12.8 Å². The van der Waals surface area contributed by atoms with E-state index in [-0.39, 0.29) is 5.91 Å². The van der Waals surface area contributed by atoms with Crippen molar-refractivity contribution in [3.8, 4) is 0 Å². The van der Waals surface area contributed by atoms with Gasteiger partial charge in [0, 0.05) is 24.2 Å². The van der Waals surface area contributed by atoms with Crippen LogP contribution in [0.5, 0.6) is 0 Å². The minimum Gasteiger partial charge on any atom is -0.334 e. The number of carbonyl (C=O) groups is 2. The van der Waals surface area contributed by atoms with Crippen molar-refractivity contribution in [1.82, 2.24) is 4.90 Å². The first-order valence-electron chi connectivity index (χ1n) is 6.07. The third-order valence-electron chi connectivity index (χ3n) is 3.61.